The Morgan fingerprint density at radius 1 is 1.06 bits per heavy atom. The third-order valence-electron chi connectivity index (χ3n) is 11.3. The van der Waals surface area contributed by atoms with Gasteiger partial charge in [0.05, 0.1) is 22.9 Å². The molecule has 7 rings (SSSR count). The van der Waals surface area contributed by atoms with Crippen molar-refractivity contribution >= 4 is 23.5 Å². The van der Waals surface area contributed by atoms with E-state index in [1.807, 2.05) is 6.92 Å². The molecule has 2 amide bonds. The van der Waals surface area contributed by atoms with Crippen molar-refractivity contribution in [1.82, 2.24) is 0 Å². The predicted octanol–water partition coefficient (Wildman–Crippen LogP) is 5.41. The number of amides is 2. The first-order chi connectivity index (χ1) is 17.0. The highest BCUT2D eigenvalue weighted by molar-refractivity contribution is 6.23. The van der Waals surface area contributed by atoms with Crippen LogP contribution in [0, 0.1) is 51.8 Å². The monoisotopic (exact) mass is 491 g/mol. The smallest absolute Gasteiger partial charge is 0.309 e. The molecule has 6 nitrogen and oxygen atoms in total. The second kappa shape index (κ2) is 7.45. The highest BCUT2D eigenvalue weighted by Crippen LogP contribution is 2.74. The molecule has 1 spiro atoms. The zero-order chi connectivity index (χ0) is 25.8. The van der Waals surface area contributed by atoms with E-state index in [1.54, 1.807) is 18.2 Å². The summed E-state index contributed by atoms with van der Waals surface area (Å²) in [5, 5.41) is 20.8. The lowest BCUT2D eigenvalue weighted by Crippen LogP contribution is -2.65. The average molecular weight is 492 g/mol. The van der Waals surface area contributed by atoms with Crippen molar-refractivity contribution in [3.8, 4) is 5.75 Å². The Kier molecular flexibility index (Phi) is 4.92. The Labute approximate surface area is 212 Å². The number of carbonyl (C=O) groups is 3. The summed E-state index contributed by atoms with van der Waals surface area (Å²) in [7, 11) is 0. The van der Waals surface area contributed by atoms with Crippen LogP contribution in [0.15, 0.2) is 35.9 Å². The van der Waals surface area contributed by atoms with Crippen LogP contribution in [0.25, 0.3) is 0 Å². The van der Waals surface area contributed by atoms with E-state index in [0.717, 1.165) is 32.1 Å². The van der Waals surface area contributed by atoms with Crippen molar-refractivity contribution in [3.63, 3.8) is 0 Å². The lowest BCUT2D eigenvalue weighted by molar-refractivity contribution is -0.194. The minimum atomic E-state index is -0.757. The number of phenolic OH excluding ortho intramolecular Hbond substituents is 1. The Balaban J connectivity index is 1.50. The van der Waals surface area contributed by atoms with E-state index in [4.69, 9.17) is 0 Å². The van der Waals surface area contributed by atoms with Gasteiger partial charge in [-0.15, -0.1) is 0 Å². The Morgan fingerprint density at radius 3 is 2.44 bits per heavy atom. The maximum Gasteiger partial charge on any atom is 0.309 e. The molecule has 0 aromatic heterocycles. The van der Waals surface area contributed by atoms with Gasteiger partial charge in [0.2, 0.25) is 11.8 Å². The molecule has 1 aromatic carbocycles. The van der Waals surface area contributed by atoms with Gasteiger partial charge in [0.15, 0.2) is 0 Å². The average Bonchev–Trinajstić information content (AvgIpc) is 3.10. The van der Waals surface area contributed by atoms with Gasteiger partial charge < -0.3 is 10.2 Å². The van der Waals surface area contributed by atoms with Crippen LogP contribution in [-0.2, 0) is 14.4 Å². The third-order valence-corrected chi connectivity index (χ3v) is 11.3. The van der Waals surface area contributed by atoms with Gasteiger partial charge in [0.25, 0.3) is 0 Å². The summed E-state index contributed by atoms with van der Waals surface area (Å²) in [6.07, 6.45) is 7.24. The Morgan fingerprint density at radius 2 is 1.78 bits per heavy atom. The van der Waals surface area contributed by atoms with Crippen LogP contribution < -0.4 is 4.90 Å². The van der Waals surface area contributed by atoms with Gasteiger partial charge >= 0.3 is 5.97 Å². The lowest BCUT2D eigenvalue weighted by atomic mass is 9.34. The van der Waals surface area contributed by atoms with Crippen molar-refractivity contribution in [2.24, 2.45) is 51.8 Å². The van der Waals surface area contributed by atoms with Crippen molar-refractivity contribution in [3.05, 3.63) is 35.9 Å². The highest BCUT2D eigenvalue weighted by Gasteiger charge is 2.73. The number of phenols is 1. The number of rotatable bonds is 3. The molecular weight excluding hydrogens is 454 g/mol. The number of para-hydroxylation sites is 2. The minimum Gasteiger partial charge on any atom is -0.506 e. The van der Waals surface area contributed by atoms with Gasteiger partial charge in [-0.05, 0) is 80.2 Å². The molecule has 36 heavy (non-hydrogen) atoms. The predicted molar refractivity (Wildman–Crippen MR) is 135 cm³/mol. The second-order valence-electron chi connectivity index (χ2n) is 13.0. The number of hydrogen-bond donors (Lipinski definition) is 2. The van der Waals surface area contributed by atoms with Gasteiger partial charge in [-0.1, -0.05) is 51.0 Å². The van der Waals surface area contributed by atoms with Gasteiger partial charge in [-0.2, -0.15) is 0 Å². The SMILES string of the molecule is CC(C)C1=C[C@]23CC[C@H]4[C@](C)(CCC[C@@]4(C)C(=O)O)[C@@H]2C[C@@H]1[C@H]1C(=O)N(c2ccccc2O)C(=O)[C@H]13. The van der Waals surface area contributed by atoms with E-state index in [2.05, 4.69) is 26.8 Å². The number of carboxylic acid groups (broad SMARTS) is 1. The van der Waals surface area contributed by atoms with Gasteiger partial charge in [0.1, 0.15) is 5.75 Å². The normalized spacial score (nSPS) is 43.2. The molecule has 6 aliphatic rings. The number of anilines is 1. The molecule has 0 radical (unpaired) electrons. The van der Waals surface area contributed by atoms with Gasteiger partial charge in [0, 0.05) is 5.41 Å². The number of hydrogen-bond acceptors (Lipinski definition) is 4. The van der Waals surface area contributed by atoms with Crippen LogP contribution in [0.3, 0.4) is 0 Å². The summed E-state index contributed by atoms with van der Waals surface area (Å²) >= 11 is 0. The van der Waals surface area contributed by atoms with Crippen LogP contribution in [0.2, 0.25) is 0 Å². The quantitative estimate of drug-likeness (QED) is 0.436. The maximum atomic E-state index is 14.2. The van der Waals surface area contributed by atoms with Gasteiger partial charge in [-0.3, -0.25) is 14.4 Å². The minimum absolute atomic E-state index is 0.0252. The number of imide groups is 1. The number of allylic oxidation sites excluding steroid dienone is 2. The standard InChI is InChI=1S/C30H37NO5/c1-16(2)18-15-30-13-10-21-28(3,11-7-12-29(21,4)27(35)36)22(30)14-17(18)23-24(30)26(34)31(25(23)33)19-8-5-6-9-20(19)32/h5-6,8-9,15-17,21-24,32H,7,10-14H2,1-4H3,(H,35,36)/t17-,21-,22-,23+,24-,28-,29+,30+/m0/s1. The van der Waals surface area contributed by atoms with Crippen molar-refractivity contribution in [2.75, 3.05) is 4.90 Å². The molecule has 3 saturated carbocycles. The van der Waals surface area contributed by atoms with Crippen LogP contribution in [0.4, 0.5) is 5.69 Å². The summed E-state index contributed by atoms with van der Waals surface area (Å²) < 4.78 is 0. The van der Waals surface area contributed by atoms with Crippen LogP contribution in [-0.4, -0.2) is 28.0 Å². The van der Waals surface area contributed by atoms with Crippen LogP contribution in [0.1, 0.15) is 66.2 Å². The third kappa shape index (κ3) is 2.71. The van der Waals surface area contributed by atoms with E-state index in [-0.39, 0.29) is 52.3 Å². The lowest BCUT2D eigenvalue weighted by Gasteiger charge is -2.68. The number of aliphatic carboxylic acids is 1. The molecule has 4 fully saturated rings. The molecule has 192 valence electrons. The fraction of sp³-hybridized carbons (Fsp3) is 0.633. The van der Waals surface area contributed by atoms with E-state index < -0.39 is 28.6 Å². The topological polar surface area (TPSA) is 94.9 Å². The molecule has 5 aliphatic carbocycles. The molecule has 6 heteroatoms. The number of carboxylic acids is 1. The van der Waals surface area contributed by atoms with E-state index in [1.165, 1.54) is 16.5 Å². The number of nitrogens with zero attached hydrogens (tertiary/aromatic N) is 1. The van der Waals surface area contributed by atoms with Crippen LogP contribution in [0.5, 0.6) is 5.75 Å². The largest absolute Gasteiger partial charge is 0.506 e. The summed E-state index contributed by atoms with van der Waals surface area (Å²) in [5.41, 5.74) is 0.153. The van der Waals surface area contributed by atoms with E-state index >= 15 is 0 Å². The first-order valence-corrected chi connectivity index (χ1v) is 13.6. The summed E-state index contributed by atoms with van der Waals surface area (Å²) in [5.74, 6) is -1.54. The van der Waals surface area contributed by atoms with E-state index in [9.17, 15) is 24.6 Å². The summed E-state index contributed by atoms with van der Waals surface area (Å²) in [6.45, 7) is 8.55. The molecule has 1 aliphatic heterocycles. The molecule has 8 atom stereocenters. The van der Waals surface area contributed by atoms with Crippen molar-refractivity contribution in [2.45, 2.75) is 66.2 Å². The maximum absolute atomic E-state index is 14.2. The molecule has 1 heterocycles. The summed E-state index contributed by atoms with van der Waals surface area (Å²) in [4.78, 5) is 41.9. The van der Waals surface area contributed by atoms with Gasteiger partial charge in [-0.25, -0.2) is 4.90 Å². The number of fused-ring (bicyclic) bond motifs is 1. The molecular formula is C30H37NO5. The fourth-order valence-corrected chi connectivity index (χ4v) is 9.85. The van der Waals surface area contributed by atoms with Crippen LogP contribution >= 0.6 is 0 Å². The Bertz CT molecular complexity index is 1200. The Hall–Kier alpha value is -2.63. The zero-order valence-electron chi connectivity index (χ0n) is 21.7. The number of carbonyl (C=O) groups excluding carboxylic acids is 2. The number of aromatic hydroxyl groups is 1. The van der Waals surface area contributed by atoms with Crippen molar-refractivity contribution in [1.29, 1.82) is 0 Å². The molecule has 2 bridgehead atoms. The molecule has 2 N–H and O–H groups in total. The first kappa shape index (κ1) is 23.7. The molecule has 1 saturated heterocycles. The van der Waals surface area contributed by atoms with E-state index in [0.29, 0.717) is 6.42 Å². The molecule has 1 aromatic rings. The second-order valence-corrected chi connectivity index (χ2v) is 13.0. The zero-order valence-corrected chi connectivity index (χ0v) is 21.7. The summed E-state index contributed by atoms with van der Waals surface area (Å²) in [6, 6.07) is 6.60. The van der Waals surface area contributed by atoms with Crippen molar-refractivity contribution < 1.29 is 24.6 Å². The molecule has 0 unspecified atom stereocenters. The first-order valence-electron chi connectivity index (χ1n) is 13.6. The fourth-order valence-electron chi connectivity index (χ4n) is 9.85. The number of benzene rings is 1. The highest BCUT2D eigenvalue weighted by atomic mass is 16.4.